The van der Waals surface area contributed by atoms with Crippen molar-refractivity contribution in [2.45, 2.75) is 25.9 Å². The van der Waals surface area contributed by atoms with Crippen LogP contribution in [0, 0.1) is 6.92 Å². The number of ether oxygens (including phenoxy) is 1. The van der Waals surface area contributed by atoms with E-state index < -0.39 is 6.10 Å². The first-order valence-electron chi connectivity index (χ1n) is 8.70. The Kier molecular flexibility index (Phi) is 5.85. The summed E-state index contributed by atoms with van der Waals surface area (Å²) in [6, 6.07) is 0. The van der Waals surface area contributed by atoms with Crippen LogP contribution in [0.4, 0.5) is 0 Å². The van der Waals surface area contributed by atoms with E-state index in [0.717, 1.165) is 37.9 Å². The molecule has 138 valence electrons. The zero-order valence-electron chi connectivity index (χ0n) is 14.5. The van der Waals surface area contributed by atoms with Crippen molar-refractivity contribution in [3.8, 4) is 0 Å². The molecule has 2 N–H and O–H groups in total. The Morgan fingerprint density at radius 2 is 2.08 bits per heavy atom. The minimum atomic E-state index is -0.478. The Morgan fingerprint density at radius 3 is 2.76 bits per heavy atom. The second-order valence-electron chi connectivity index (χ2n) is 6.63. The van der Waals surface area contributed by atoms with Gasteiger partial charge in [-0.05, 0) is 25.3 Å². The average molecular weight is 351 g/mol. The number of aromatic nitrogens is 1. The number of hydrogen-bond donors (Lipinski definition) is 2. The summed E-state index contributed by atoms with van der Waals surface area (Å²) in [7, 11) is 0. The van der Waals surface area contributed by atoms with E-state index in [1.807, 2.05) is 0 Å². The Hall–Kier alpha value is -1.74. The summed E-state index contributed by atoms with van der Waals surface area (Å²) in [4.78, 5) is 35.7. The standard InChI is InChI=1S/C17H25N3O5/c1-12-15(11-21)18-14-3-2-4-20(17(22)16(12)14)10-13(25-23)9-19-5-7-24-8-6-19/h11,13,18,23H,2-10H2,1H3. The van der Waals surface area contributed by atoms with Crippen LogP contribution in [0.25, 0.3) is 0 Å². The van der Waals surface area contributed by atoms with Crippen LogP contribution in [0.15, 0.2) is 0 Å². The van der Waals surface area contributed by atoms with Gasteiger partial charge in [0.15, 0.2) is 6.29 Å². The third-order valence-electron chi connectivity index (χ3n) is 4.98. The smallest absolute Gasteiger partial charge is 0.256 e. The van der Waals surface area contributed by atoms with Crippen molar-refractivity contribution in [2.75, 3.05) is 45.9 Å². The van der Waals surface area contributed by atoms with Gasteiger partial charge in [0.05, 0.1) is 31.0 Å². The zero-order chi connectivity index (χ0) is 17.8. The molecular weight excluding hydrogens is 326 g/mol. The summed E-state index contributed by atoms with van der Waals surface area (Å²) in [6.45, 7) is 6.15. The number of fused-ring (bicyclic) bond motifs is 1. The van der Waals surface area contributed by atoms with Crippen LogP contribution in [-0.2, 0) is 16.0 Å². The number of H-pyrrole nitrogens is 1. The molecule has 1 unspecified atom stereocenters. The van der Waals surface area contributed by atoms with Crippen LogP contribution in [0.5, 0.6) is 0 Å². The minimum absolute atomic E-state index is 0.113. The molecule has 2 aliphatic rings. The Bertz CT molecular complexity index is 624. The number of aromatic amines is 1. The van der Waals surface area contributed by atoms with Gasteiger partial charge in [-0.25, -0.2) is 4.89 Å². The highest BCUT2D eigenvalue weighted by atomic mass is 17.1. The predicted octanol–water partition coefficient (Wildman–Crippen LogP) is 0.714. The van der Waals surface area contributed by atoms with Gasteiger partial charge in [-0.3, -0.25) is 19.7 Å². The highest BCUT2D eigenvalue weighted by Crippen LogP contribution is 2.24. The fraction of sp³-hybridized carbons (Fsp3) is 0.647. The van der Waals surface area contributed by atoms with E-state index in [4.69, 9.17) is 4.74 Å². The molecule has 0 radical (unpaired) electrons. The molecule has 0 aromatic carbocycles. The van der Waals surface area contributed by atoms with E-state index in [1.165, 1.54) is 0 Å². The van der Waals surface area contributed by atoms with Crippen molar-refractivity contribution in [3.63, 3.8) is 0 Å². The number of amides is 1. The van der Waals surface area contributed by atoms with Crippen molar-refractivity contribution in [1.82, 2.24) is 14.8 Å². The summed E-state index contributed by atoms with van der Waals surface area (Å²) in [6.07, 6.45) is 1.79. The van der Waals surface area contributed by atoms with Crippen LogP contribution in [0.1, 0.15) is 38.5 Å². The second kappa shape index (κ2) is 8.09. The molecule has 8 heteroatoms. The lowest BCUT2D eigenvalue weighted by molar-refractivity contribution is -0.283. The molecule has 3 heterocycles. The molecule has 1 saturated heterocycles. The normalized spacial score (nSPS) is 20.2. The lowest BCUT2D eigenvalue weighted by Gasteiger charge is -2.31. The molecule has 0 spiro atoms. The molecule has 1 fully saturated rings. The quantitative estimate of drug-likeness (QED) is 0.445. The van der Waals surface area contributed by atoms with Crippen LogP contribution < -0.4 is 0 Å². The number of nitrogens with one attached hydrogen (secondary N) is 1. The van der Waals surface area contributed by atoms with E-state index in [0.29, 0.717) is 49.7 Å². The van der Waals surface area contributed by atoms with Crippen molar-refractivity contribution in [2.24, 2.45) is 0 Å². The van der Waals surface area contributed by atoms with Crippen LogP contribution >= 0.6 is 0 Å². The molecule has 2 aliphatic heterocycles. The van der Waals surface area contributed by atoms with Gasteiger partial charge in [0.2, 0.25) is 0 Å². The van der Waals surface area contributed by atoms with E-state index >= 15 is 0 Å². The monoisotopic (exact) mass is 351 g/mol. The van der Waals surface area contributed by atoms with Crippen molar-refractivity contribution in [1.29, 1.82) is 0 Å². The lowest BCUT2D eigenvalue weighted by Crippen LogP contribution is -2.46. The summed E-state index contributed by atoms with van der Waals surface area (Å²) in [5.41, 5.74) is 2.56. The van der Waals surface area contributed by atoms with Gasteiger partial charge in [-0.2, -0.15) is 0 Å². The first-order chi connectivity index (χ1) is 12.1. The van der Waals surface area contributed by atoms with Crippen molar-refractivity contribution >= 4 is 12.2 Å². The third-order valence-corrected chi connectivity index (χ3v) is 4.98. The molecule has 0 bridgehead atoms. The maximum absolute atomic E-state index is 12.9. The Balaban J connectivity index is 1.71. The number of aryl methyl sites for hydroxylation is 1. The Morgan fingerprint density at radius 1 is 1.32 bits per heavy atom. The maximum atomic E-state index is 12.9. The highest BCUT2D eigenvalue weighted by Gasteiger charge is 2.30. The molecule has 25 heavy (non-hydrogen) atoms. The fourth-order valence-electron chi connectivity index (χ4n) is 3.60. The maximum Gasteiger partial charge on any atom is 0.256 e. The Labute approximate surface area is 146 Å². The third kappa shape index (κ3) is 3.92. The van der Waals surface area contributed by atoms with Gasteiger partial charge < -0.3 is 14.6 Å². The number of morpholine rings is 1. The molecule has 1 amide bonds. The number of rotatable bonds is 6. The zero-order valence-corrected chi connectivity index (χ0v) is 14.5. The number of carbonyl (C=O) groups excluding carboxylic acids is 2. The van der Waals surface area contributed by atoms with Gasteiger partial charge in [-0.15, -0.1) is 0 Å². The molecule has 1 atom stereocenters. The first kappa shape index (κ1) is 18.1. The molecular formula is C17H25N3O5. The van der Waals surface area contributed by atoms with Crippen LogP contribution in [0.2, 0.25) is 0 Å². The summed E-state index contributed by atoms with van der Waals surface area (Å²) in [5.74, 6) is -0.113. The average Bonchev–Trinajstić information content (AvgIpc) is 2.87. The molecule has 0 saturated carbocycles. The highest BCUT2D eigenvalue weighted by molar-refractivity contribution is 5.99. The molecule has 0 aliphatic carbocycles. The summed E-state index contributed by atoms with van der Waals surface area (Å²) in [5, 5.41) is 9.29. The summed E-state index contributed by atoms with van der Waals surface area (Å²) < 4.78 is 5.32. The van der Waals surface area contributed by atoms with Gasteiger partial charge >= 0.3 is 0 Å². The van der Waals surface area contributed by atoms with Crippen LogP contribution in [-0.4, -0.2) is 84.3 Å². The van der Waals surface area contributed by atoms with Crippen LogP contribution in [0.3, 0.4) is 0 Å². The molecule has 8 nitrogen and oxygen atoms in total. The second-order valence-corrected chi connectivity index (χ2v) is 6.63. The molecule has 1 aromatic heterocycles. The fourth-order valence-corrected chi connectivity index (χ4v) is 3.60. The minimum Gasteiger partial charge on any atom is -0.379 e. The predicted molar refractivity (Wildman–Crippen MR) is 89.9 cm³/mol. The number of nitrogens with zero attached hydrogens (tertiary/aromatic N) is 2. The molecule has 1 aromatic rings. The van der Waals surface area contributed by atoms with E-state index in [9.17, 15) is 14.8 Å². The molecule has 3 rings (SSSR count). The van der Waals surface area contributed by atoms with Gasteiger partial charge in [0, 0.05) is 31.9 Å². The topological polar surface area (TPSA) is 95.1 Å². The van der Waals surface area contributed by atoms with Gasteiger partial charge in [-0.1, -0.05) is 0 Å². The van der Waals surface area contributed by atoms with E-state index in [-0.39, 0.29) is 5.91 Å². The van der Waals surface area contributed by atoms with Crippen molar-refractivity contribution in [3.05, 3.63) is 22.5 Å². The number of hydrogen-bond acceptors (Lipinski definition) is 6. The largest absolute Gasteiger partial charge is 0.379 e. The van der Waals surface area contributed by atoms with Gasteiger partial charge in [0.25, 0.3) is 5.91 Å². The first-order valence-corrected chi connectivity index (χ1v) is 8.70. The van der Waals surface area contributed by atoms with Crippen molar-refractivity contribution < 1.29 is 24.5 Å². The SMILES string of the molecule is Cc1c(C=O)[nH]c2c1C(=O)N(CC(CN1CCOCC1)OO)CCC2. The summed E-state index contributed by atoms with van der Waals surface area (Å²) >= 11 is 0. The number of aldehydes is 1. The van der Waals surface area contributed by atoms with Gasteiger partial charge in [0.1, 0.15) is 6.10 Å². The van der Waals surface area contributed by atoms with E-state index in [2.05, 4.69) is 14.8 Å². The van der Waals surface area contributed by atoms with E-state index in [1.54, 1.807) is 11.8 Å². The number of carbonyl (C=O) groups is 2. The lowest BCUT2D eigenvalue weighted by atomic mass is 10.1.